The third kappa shape index (κ3) is 4.92. The molecule has 0 saturated heterocycles. The fourth-order valence-corrected chi connectivity index (χ4v) is 2.47. The average molecular weight is 343 g/mol. The molecule has 0 unspecified atom stereocenters. The summed E-state index contributed by atoms with van der Waals surface area (Å²) in [4.78, 5) is 23.2. The molecule has 25 heavy (non-hydrogen) atoms. The molecular weight excluding hydrogens is 318 g/mol. The summed E-state index contributed by atoms with van der Waals surface area (Å²) in [6.07, 6.45) is 0.379. The molecule has 1 heterocycles. The summed E-state index contributed by atoms with van der Waals surface area (Å²) >= 11 is 0. The van der Waals surface area contributed by atoms with E-state index in [1.807, 2.05) is 36.7 Å². The predicted molar refractivity (Wildman–Crippen MR) is 95.6 cm³/mol. The van der Waals surface area contributed by atoms with Crippen LogP contribution in [0.2, 0.25) is 0 Å². The van der Waals surface area contributed by atoms with Gasteiger partial charge in [-0.25, -0.2) is 0 Å². The molecular formula is C19H25N3O3. The largest absolute Gasteiger partial charge is 0.481 e. The van der Waals surface area contributed by atoms with Gasteiger partial charge in [-0.15, -0.1) is 0 Å². The van der Waals surface area contributed by atoms with E-state index in [0.717, 1.165) is 17.0 Å². The van der Waals surface area contributed by atoms with Crippen molar-refractivity contribution >= 4 is 11.9 Å². The molecule has 6 heteroatoms. The van der Waals surface area contributed by atoms with Crippen molar-refractivity contribution in [1.29, 1.82) is 0 Å². The molecule has 0 atom stereocenters. The lowest BCUT2D eigenvalue weighted by Gasteiger charge is -2.18. The molecule has 2 N–H and O–H groups in total. The quantitative estimate of drug-likeness (QED) is 0.809. The number of hydrogen-bond donors (Lipinski definition) is 2. The molecule has 0 bridgehead atoms. The van der Waals surface area contributed by atoms with Crippen molar-refractivity contribution in [2.45, 2.75) is 40.7 Å². The lowest BCUT2D eigenvalue weighted by Crippen LogP contribution is -2.31. The SMILES string of the molecule is Cc1cc(C)n(Cc2ccc(C(=O)NCCC(C)(C)C(=O)O)cc2)n1. The van der Waals surface area contributed by atoms with Gasteiger partial charge in [-0.1, -0.05) is 12.1 Å². The van der Waals surface area contributed by atoms with Gasteiger partial charge in [-0.3, -0.25) is 14.3 Å². The number of benzene rings is 1. The van der Waals surface area contributed by atoms with Gasteiger partial charge in [-0.05, 0) is 57.9 Å². The van der Waals surface area contributed by atoms with Gasteiger partial charge in [-0.2, -0.15) is 5.10 Å². The molecule has 0 spiro atoms. The van der Waals surface area contributed by atoms with Gasteiger partial charge in [0.15, 0.2) is 0 Å². The van der Waals surface area contributed by atoms with E-state index in [0.29, 0.717) is 25.1 Å². The highest BCUT2D eigenvalue weighted by Crippen LogP contribution is 2.19. The number of carboxylic acid groups (broad SMARTS) is 1. The third-order valence-electron chi connectivity index (χ3n) is 4.27. The number of carbonyl (C=O) groups is 2. The van der Waals surface area contributed by atoms with Crippen LogP contribution in [0.15, 0.2) is 30.3 Å². The molecule has 134 valence electrons. The zero-order valence-electron chi connectivity index (χ0n) is 15.2. The summed E-state index contributed by atoms with van der Waals surface area (Å²) in [6.45, 7) is 8.26. The summed E-state index contributed by atoms with van der Waals surface area (Å²) in [7, 11) is 0. The monoisotopic (exact) mass is 343 g/mol. The Bertz CT molecular complexity index is 761. The maximum atomic E-state index is 12.2. The molecule has 6 nitrogen and oxygen atoms in total. The predicted octanol–water partition coefficient (Wildman–Crippen LogP) is 2.78. The number of rotatable bonds is 7. The molecule has 2 rings (SSSR count). The first kappa shape index (κ1) is 18.7. The van der Waals surface area contributed by atoms with Gasteiger partial charge < -0.3 is 10.4 Å². The minimum Gasteiger partial charge on any atom is -0.481 e. The second kappa shape index (κ2) is 7.51. The van der Waals surface area contributed by atoms with Crippen LogP contribution in [-0.2, 0) is 11.3 Å². The standard InChI is InChI=1S/C19H25N3O3/c1-13-11-14(2)22(21-13)12-15-5-7-16(8-6-15)17(23)20-10-9-19(3,4)18(24)25/h5-8,11H,9-10,12H2,1-4H3,(H,20,23)(H,24,25). The van der Waals surface area contributed by atoms with E-state index in [-0.39, 0.29) is 5.91 Å². The molecule has 1 amide bonds. The number of aryl methyl sites for hydroxylation is 2. The highest BCUT2D eigenvalue weighted by Gasteiger charge is 2.26. The lowest BCUT2D eigenvalue weighted by atomic mass is 9.90. The summed E-state index contributed by atoms with van der Waals surface area (Å²) in [6, 6.07) is 9.40. The van der Waals surface area contributed by atoms with Crippen LogP contribution in [0.5, 0.6) is 0 Å². The fourth-order valence-electron chi connectivity index (χ4n) is 2.47. The topological polar surface area (TPSA) is 84.2 Å². The first-order valence-electron chi connectivity index (χ1n) is 8.30. The zero-order valence-corrected chi connectivity index (χ0v) is 15.2. The molecule has 0 aliphatic rings. The molecule has 1 aromatic heterocycles. The van der Waals surface area contributed by atoms with Crippen LogP contribution in [0.4, 0.5) is 0 Å². The van der Waals surface area contributed by atoms with Gasteiger partial charge >= 0.3 is 5.97 Å². The highest BCUT2D eigenvalue weighted by molar-refractivity contribution is 5.94. The Labute approximate surface area is 147 Å². The number of nitrogens with zero attached hydrogens (tertiary/aromatic N) is 2. The van der Waals surface area contributed by atoms with Crippen LogP contribution in [0, 0.1) is 19.3 Å². The van der Waals surface area contributed by atoms with Crippen molar-refractivity contribution in [3.8, 4) is 0 Å². The van der Waals surface area contributed by atoms with Crippen molar-refractivity contribution in [2.75, 3.05) is 6.54 Å². The maximum Gasteiger partial charge on any atom is 0.309 e. The maximum absolute atomic E-state index is 12.2. The van der Waals surface area contributed by atoms with Crippen molar-refractivity contribution < 1.29 is 14.7 Å². The lowest BCUT2D eigenvalue weighted by molar-refractivity contribution is -0.147. The van der Waals surface area contributed by atoms with Gasteiger partial charge in [0.1, 0.15) is 0 Å². The minimum absolute atomic E-state index is 0.196. The fraction of sp³-hybridized carbons (Fsp3) is 0.421. The van der Waals surface area contributed by atoms with Crippen LogP contribution < -0.4 is 5.32 Å². The Balaban J connectivity index is 1.92. The number of nitrogens with one attached hydrogen (secondary N) is 1. The minimum atomic E-state index is -0.866. The highest BCUT2D eigenvalue weighted by atomic mass is 16.4. The van der Waals surface area contributed by atoms with E-state index < -0.39 is 11.4 Å². The van der Waals surface area contributed by atoms with Gasteiger partial charge in [0.2, 0.25) is 0 Å². The van der Waals surface area contributed by atoms with Crippen LogP contribution in [0.25, 0.3) is 0 Å². The molecule has 0 fully saturated rings. The van der Waals surface area contributed by atoms with Crippen molar-refractivity contribution in [3.63, 3.8) is 0 Å². The summed E-state index contributed by atoms with van der Waals surface area (Å²) in [5.41, 5.74) is 2.86. The van der Waals surface area contributed by atoms with Crippen LogP contribution in [0.1, 0.15) is 47.6 Å². The molecule has 0 aliphatic heterocycles. The molecule has 0 saturated carbocycles. The normalized spacial score (nSPS) is 11.4. The van der Waals surface area contributed by atoms with Gasteiger partial charge in [0, 0.05) is 17.8 Å². The van der Waals surface area contributed by atoms with Crippen LogP contribution >= 0.6 is 0 Å². The smallest absolute Gasteiger partial charge is 0.309 e. The van der Waals surface area contributed by atoms with Crippen molar-refractivity contribution in [2.24, 2.45) is 5.41 Å². The number of aliphatic carboxylic acids is 1. The van der Waals surface area contributed by atoms with Crippen molar-refractivity contribution in [3.05, 3.63) is 52.8 Å². The number of carboxylic acids is 1. The molecule has 0 radical (unpaired) electrons. The van der Waals surface area contributed by atoms with E-state index in [1.165, 1.54) is 0 Å². The number of carbonyl (C=O) groups excluding carboxylic acids is 1. The third-order valence-corrected chi connectivity index (χ3v) is 4.27. The molecule has 2 aromatic rings. The summed E-state index contributed by atoms with van der Waals surface area (Å²) in [5, 5.41) is 16.3. The van der Waals surface area contributed by atoms with Crippen LogP contribution in [-0.4, -0.2) is 33.3 Å². The number of aromatic nitrogens is 2. The molecule has 1 aromatic carbocycles. The zero-order chi connectivity index (χ0) is 18.6. The van der Waals surface area contributed by atoms with Gasteiger partial charge in [0.05, 0.1) is 17.7 Å². The van der Waals surface area contributed by atoms with E-state index >= 15 is 0 Å². The van der Waals surface area contributed by atoms with Gasteiger partial charge in [0.25, 0.3) is 5.91 Å². The Hall–Kier alpha value is -2.63. The Morgan fingerprint density at radius 1 is 1.20 bits per heavy atom. The van der Waals surface area contributed by atoms with E-state index in [4.69, 9.17) is 5.11 Å². The Kier molecular flexibility index (Phi) is 5.62. The van der Waals surface area contributed by atoms with E-state index in [2.05, 4.69) is 10.4 Å². The summed E-state index contributed by atoms with van der Waals surface area (Å²) in [5.74, 6) is -1.06. The summed E-state index contributed by atoms with van der Waals surface area (Å²) < 4.78 is 1.93. The second-order valence-corrected chi connectivity index (χ2v) is 6.98. The second-order valence-electron chi connectivity index (χ2n) is 6.98. The number of hydrogen-bond acceptors (Lipinski definition) is 3. The van der Waals surface area contributed by atoms with Crippen LogP contribution in [0.3, 0.4) is 0 Å². The molecule has 0 aliphatic carbocycles. The number of amides is 1. The first-order valence-corrected chi connectivity index (χ1v) is 8.30. The Morgan fingerprint density at radius 2 is 1.84 bits per heavy atom. The van der Waals surface area contributed by atoms with E-state index in [9.17, 15) is 9.59 Å². The Morgan fingerprint density at radius 3 is 2.36 bits per heavy atom. The van der Waals surface area contributed by atoms with Crippen molar-refractivity contribution in [1.82, 2.24) is 15.1 Å². The average Bonchev–Trinajstić information content (AvgIpc) is 2.85. The first-order chi connectivity index (χ1) is 11.7. The van der Waals surface area contributed by atoms with E-state index in [1.54, 1.807) is 26.0 Å².